The summed E-state index contributed by atoms with van der Waals surface area (Å²) in [4.78, 5) is 18.8. The fourth-order valence-electron chi connectivity index (χ4n) is 2.84. The largest absolute Gasteiger partial charge is 0.354 e. The zero-order valence-electron chi connectivity index (χ0n) is 12.8. The second-order valence-corrected chi connectivity index (χ2v) is 6.40. The van der Waals surface area contributed by atoms with Crippen molar-refractivity contribution in [1.82, 2.24) is 15.2 Å². The quantitative estimate of drug-likeness (QED) is 0.920. The Morgan fingerprint density at radius 3 is 3.00 bits per heavy atom. The van der Waals surface area contributed by atoms with E-state index in [9.17, 15) is 4.79 Å². The van der Waals surface area contributed by atoms with Crippen molar-refractivity contribution in [3.8, 4) is 0 Å². The van der Waals surface area contributed by atoms with Crippen LogP contribution in [-0.4, -0.2) is 34.9 Å². The van der Waals surface area contributed by atoms with Gasteiger partial charge in [0.25, 0.3) is 0 Å². The van der Waals surface area contributed by atoms with E-state index in [0.29, 0.717) is 6.54 Å². The van der Waals surface area contributed by atoms with Crippen LogP contribution in [0.3, 0.4) is 0 Å². The van der Waals surface area contributed by atoms with Crippen molar-refractivity contribution >= 4 is 17.2 Å². The van der Waals surface area contributed by atoms with Crippen LogP contribution in [0, 0.1) is 0 Å². The molecule has 1 aromatic heterocycles. The minimum Gasteiger partial charge on any atom is -0.354 e. The third-order valence-electron chi connectivity index (χ3n) is 4.25. The molecule has 0 spiro atoms. The van der Waals surface area contributed by atoms with Crippen molar-refractivity contribution in [2.45, 2.75) is 32.4 Å². The SMILES string of the molecule is C[C@H](C(=O)NCCc1cscn1)N1CCc2ccccc2C1. The molecule has 1 N–H and O–H groups in total. The fraction of sp³-hybridized carbons (Fsp3) is 0.412. The first kappa shape index (κ1) is 15.2. The van der Waals surface area contributed by atoms with Crippen molar-refractivity contribution < 1.29 is 4.79 Å². The molecule has 2 aromatic rings. The molecule has 0 aliphatic carbocycles. The van der Waals surface area contributed by atoms with Gasteiger partial charge in [-0.05, 0) is 24.5 Å². The van der Waals surface area contributed by atoms with Gasteiger partial charge in [-0.3, -0.25) is 9.69 Å². The molecule has 0 saturated carbocycles. The number of nitrogens with zero attached hydrogens (tertiary/aromatic N) is 2. The number of carbonyl (C=O) groups excluding carboxylic acids is 1. The monoisotopic (exact) mass is 315 g/mol. The van der Waals surface area contributed by atoms with Gasteiger partial charge in [0.2, 0.25) is 5.91 Å². The smallest absolute Gasteiger partial charge is 0.237 e. The fourth-order valence-corrected chi connectivity index (χ4v) is 3.43. The molecule has 0 unspecified atom stereocenters. The van der Waals surface area contributed by atoms with Crippen LogP contribution in [0.5, 0.6) is 0 Å². The van der Waals surface area contributed by atoms with Gasteiger partial charge in [0, 0.05) is 31.4 Å². The number of fused-ring (bicyclic) bond motifs is 1. The lowest BCUT2D eigenvalue weighted by molar-refractivity contribution is -0.126. The number of benzene rings is 1. The number of carbonyl (C=O) groups is 1. The average molecular weight is 315 g/mol. The molecular weight excluding hydrogens is 294 g/mol. The van der Waals surface area contributed by atoms with Gasteiger partial charge in [-0.15, -0.1) is 11.3 Å². The summed E-state index contributed by atoms with van der Waals surface area (Å²) in [5, 5.41) is 5.05. The summed E-state index contributed by atoms with van der Waals surface area (Å²) in [7, 11) is 0. The first-order valence-corrected chi connectivity index (χ1v) is 8.64. The zero-order chi connectivity index (χ0) is 15.4. The Morgan fingerprint density at radius 2 is 2.23 bits per heavy atom. The minimum absolute atomic E-state index is 0.0937. The van der Waals surface area contributed by atoms with Crippen LogP contribution in [0.1, 0.15) is 23.7 Å². The van der Waals surface area contributed by atoms with Crippen LogP contribution in [0.15, 0.2) is 35.2 Å². The average Bonchev–Trinajstić information content (AvgIpc) is 3.07. The molecule has 0 bridgehead atoms. The highest BCUT2D eigenvalue weighted by Crippen LogP contribution is 2.20. The van der Waals surface area contributed by atoms with E-state index in [-0.39, 0.29) is 11.9 Å². The molecule has 0 fully saturated rings. The van der Waals surface area contributed by atoms with E-state index in [1.54, 1.807) is 11.3 Å². The van der Waals surface area contributed by atoms with Gasteiger partial charge in [0.05, 0.1) is 17.2 Å². The highest BCUT2D eigenvalue weighted by molar-refractivity contribution is 7.07. The van der Waals surface area contributed by atoms with Crippen LogP contribution >= 0.6 is 11.3 Å². The van der Waals surface area contributed by atoms with E-state index in [4.69, 9.17) is 0 Å². The summed E-state index contributed by atoms with van der Waals surface area (Å²) in [6.07, 6.45) is 1.82. The molecule has 2 heterocycles. The van der Waals surface area contributed by atoms with E-state index < -0.39 is 0 Å². The molecule has 4 nitrogen and oxygen atoms in total. The van der Waals surface area contributed by atoms with Gasteiger partial charge < -0.3 is 5.32 Å². The lowest BCUT2D eigenvalue weighted by atomic mass is 9.99. The first-order valence-electron chi connectivity index (χ1n) is 7.69. The van der Waals surface area contributed by atoms with E-state index >= 15 is 0 Å². The Balaban J connectivity index is 1.51. The standard InChI is InChI=1S/C17H21N3OS/c1-13(17(21)18-8-6-16-11-22-12-19-16)20-9-7-14-4-2-3-5-15(14)10-20/h2-5,11-13H,6-10H2,1H3,(H,18,21)/t13-/m1/s1. The highest BCUT2D eigenvalue weighted by atomic mass is 32.1. The molecule has 116 valence electrons. The molecule has 3 rings (SSSR count). The zero-order valence-corrected chi connectivity index (χ0v) is 13.6. The lowest BCUT2D eigenvalue weighted by Gasteiger charge is -2.32. The Kier molecular flexibility index (Phi) is 4.85. The van der Waals surface area contributed by atoms with Gasteiger partial charge in [-0.25, -0.2) is 4.98 Å². The number of hydrogen-bond acceptors (Lipinski definition) is 4. The van der Waals surface area contributed by atoms with Gasteiger partial charge in [0.15, 0.2) is 0 Å². The summed E-state index contributed by atoms with van der Waals surface area (Å²) in [5.74, 6) is 0.106. The molecule has 1 aromatic carbocycles. The van der Waals surface area contributed by atoms with Crippen molar-refractivity contribution in [3.63, 3.8) is 0 Å². The Hall–Kier alpha value is -1.72. The number of aromatic nitrogens is 1. The number of hydrogen-bond donors (Lipinski definition) is 1. The van der Waals surface area contributed by atoms with Crippen LogP contribution < -0.4 is 5.32 Å². The van der Waals surface area contributed by atoms with E-state index in [2.05, 4.69) is 39.5 Å². The molecule has 1 amide bonds. The molecule has 1 aliphatic heterocycles. The Bertz CT molecular complexity index is 627. The predicted octanol–water partition coefficient (Wildman–Crippen LogP) is 2.25. The number of rotatable bonds is 5. The van der Waals surface area contributed by atoms with Gasteiger partial charge in [-0.1, -0.05) is 24.3 Å². The second-order valence-electron chi connectivity index (χ2n) is 5.69. The van der Waals surface area contributed by atoms with Crippen molar-refractivity contribution in [2.75, 3.05) is 13.1 Å². The van der Waals surface area contributed by atoms with E-state index in [1.807, 2.05) is 17.8 Å². The maximum Gasteiger partial charge on any atom is 0.237 e. The van der Waals surface area contributed by atoms with Gasteiger partial charge in [0.1, 0.15) is 0 Å². The molecule has 1 aliphatic rings. The summed E-state index contributed by atoms with van der Waals surface area (Å²) in [6, 6.07) is 8.41. The van der Waals surface area contributed by atoms with E-state index in [1.165, 1.54) is 11.1 Å². The number of amides is 1. The molecule has 0 radical (unpaired) electrons. The second kappa shape index (κ2) is 7.03. The summed E-state index contributed by atoms with van der Waals surface area (Å²) in [6.45, 7) is 4.44. The van der Waals surface area contributed by atoms with Crippen molar-refractivity contribution in [3.05, 3.63) is 52.0 Å². The van der Waals surface area contributed by atoms with Crippen LogP contribution in [0.25, 0.3) is 0 Å². The first-order chi connectivity index (χ1) is 10.7. The normalized spacial score (nSPS) is 16.0. The molecular formula is C17H21N3OS. The molecule has 5 heteroatoms. The van der Waals surface area contributed by atoms with Crippen LogP contribution in [0.4, 0.5) is 0 Å². The number of thiazole rings is 1. The topological polar surface area (TPSA) is 45.2 Å². The van der Waals surface area contributed by atoms with Crippen molar-refractivity contribution in [1.29, 1.82) is 0 Å². The summed E-state index contributed by atoms with van der Waals surface area (Å²) >= 11 is 1.59. The molecule has 1 atom stereocenters. The predicted molar refractivity (Wildman–Crippen MR) is 88.8 cm³/mol. The van der Waals surface area contributed by atoms with Crippen molar-refractivity contribution in [2.24, 2.45) is 0 Å². The Morgan fingerprint density at radius 1 is 1.41 bits per heavy atom. The molecule has 22 heavy (non-hydrogen) atoms. The van der Waals surface area contributed by atoms with Gasteiger partial charge >= 0.3 is 0 Å². The maximum absolute atomic E-state index is 12.3. The maximum atomic E-state index is 12.3. The highest BCUT2D eigenvalue weighted by Gasteiger charge is 2.24. The third-order valence-corrected chi connectivity index (χ3v) is 4.89. The minimum atomic E-state index is -0.0937. The number of nitrogens with one attached hydrogen (secondary N) is 1. The summed E-state index contributed by atoms with van der Waals surface area (Å²) in [5.41, 5.74) is 5.63. The summed E-state index contributed by atoms with van der Waals surface area (Å²) < 4.78 is 0. The lowest BCUT2D eigenvalue weighted by Crippen LogP contribution is -2.47. The molecule has 0 saturated heterocycles. The Labute approximate surface area is 135 Å². The van der Waals surface area contributed by atoms with Gasteiger partial charge in [-0.2, -0.15) is 0 Å². The van der Waals surface area contributed by atoms with E-state index in [0.717, 1.165) is 31.6 Å². The van der Waals surface area contributed by atoms with Crippen LogP contribution in [-0.2, 0) is 24.2 Å². The third kappa shape index (κ3) is 3.54. The van der Waals surface area contributed by atoms with Crippen LogP contribution in [0.2, 0.25) is 0 Å².